The average molecular weight is 294 g/mol. The largest absolute Gasteiger partial charge is 0.481 e. The smallest absolute Gasteiger partial charge is 0.407 e. The van der Waals surface area contributed by atoms with E-state index in [1.807, 2.05) is 0 Å². The van der Waals surface area contributed by atoms with Crippen LogP contribution in [0.2, 0.25) is 0 Å². The molecule has 1 rings (SSSR count). The van der Waals surface area contributed by atoms with Crippen molar-refractivity contribution in [1.82, 2.24) is 10.0 Å². The molecule has 0 aromatic carbocycles. The van der Waals surface area contributed by atoms with Gasteiger partial charge in [0, 0.05) is 6.54 Å². The van der Waals surface area contributed by atoms with E-state index < -0.39 is 45.4 Å². The summed E-state index contributed by atoms with van der Waals surface area (Å²) < 4.78 is 29.9. The lowest BCUT2D eigenvalue weighted by atomic mass is 10.0. The molecule has 9 heteroatoms. The zero-order chi connectivity index (χ0) is 14.8. The molecule has 2 unspecified atom stereocenters. The van der Waals surface area contributed by atoms with Crippen molar-refractivity contribution in [3.63, 3.8) is 0 Å². The molecule has 1 aliphatic rings. The van der Waals surface area contributed by atoms with Crippen molar-refractivity contribution in [1.29, 1.82) is 0 Å². The standard InChI is InChI=1S/C10H18N2O6S/c1-10(2,3)18-9(15)12-7-5-19(16,17)11-4-6(7)8(13)14/h6-7,11H,4-5H2,1-3H3,(H,12,15)(H,13,14). The number of carbonyl (C=O) groups is 2. The van der Waals surface area contributed by atoms with Gasteiger partial charge in [0.15, 0.2) is 0 Å². The van der Waals surface area contributed by atoms with Crippen LogP contribution in [0.5, 0.6) is 0 Å². The van der Waals surface area contributed by atoms with E-state index >= 15 is 0 Å². The molecule has 1 aliphatic heterocycles. The number of rotatable bonds is 2. The van der Waals surface area contributed by atoms with E-state index in [4.69, 9.17) is 9.84 Å². The Balaban J connectivity index is 2.76. The predicted molar refractivity (Wildman–Crippen MR) is 66.1 cm³/mol. The van der Waals surface area contributed by atoms with Crippen molar-refractivity contribution in [2.75, 3.05) is 12.3 Å². The Morgan fingerprint density at radius 1 is 1.37 bits per heavy atom. The van der Waals surface area contributed by atoms with Crippen LogP contribution in [-0.4, -0.2) is 49.5 Å². The molecule has 0 aliphatic carbocycles. The van der Waals surface area contributed by atoms with Crippen molar-refractivity contribution in [2.45, 2.75) is 32.4 Å². The molecule has 3 N–H and O–H groups in total. The lowest BCUT2D eigenvalue weighted by Gasteiger charge is -2.30. The van der Waals surface area contributed by atoms with Crippen LogP contribution in [0.15, 0.2) is 0 Å². The van der Waals surface area contributed by atoms with Crippen LogP contribution in [-0.2, 0) is 19.6 Å². The number of alkyl carbamates (subject to hydrolysis) is 1. The summed E-state index contributed by atoms with van der Waals surface area (Å²) >= 11 is 0. The highest BCUT2D eigenvalue weighted by molar-refractivity contribution is 7.89. The second kappa shape index (κ2) is 5.33. The highest BCUT2D eigenvalue weighted by Crippen LogP contribution is 2.14. The normalized spacial score (nSPS) is 26.5. The number of carboxylic acid groups (broad SMARTS) is 1. The van der Waals surface area contributed by atoms with E-state index in [2.05, 4.69) is 10.0 Å². The first-order valence-electron chi connectivity index (χ1n) is 5.70. The maximum absolute atomic E-state index is 11.6. The Hall–Kier alpha value is -1.35. The molecule has 0 aromatic heterocycles. The zero-order valence-electron chi connectivity index (χ0n) is 11.0. The molecule has 110 valence electrons. The third kappa shape index (κ3) is 5.03. The lowest BCUT2D eigenvalue weighted by molar-refractivity contribution is -0.142. The Morgan fingerprint density at radius 2 is 1.95 bits per heavy atom. The zero-order valence-corrected chi connectivity index (χ0v) is 11.8. The molecular weight excluding hydrogens is 276 g/mol. The van der Waals surface area contributed by atoms with Gasteiger partial charge in [-0.05, 0) is 20.8 Å². The first-order valence-corrected chi connectivity index (χ1v) is 7.35. The Kier molecular flexibility index (Phi) is 4.41. The molecule has 0 bridgehead atoms. The molecule has 0 saturated carbocycles. The number of carbonyl (C=O) groups excluding carboxylic acids is 1. The Labute approximate surface area is 111 Å². The van der Waals surface area contributed by atoms with Crippen LogP contribution < -0.4 is 10.0 Å². The molecule has 1 heterocycles. The minimum Gasteiger partial charge on any atom is -0.481 e. The van der Waals surface area contributed by atoms with Gasteiger partial charge in [-0.3, -0.25) is 4.79 Å². The van der Waals surface area contributed by atoms with E-state index in [-0.39, 0.29) is 6.54 Å². The Morgan fingerprint density at radius 3 is 2.42 bits per heavy atom. The maximum atomic E-state index is 11.6. The fourth-order valence-corrected chi connectivity index (χ4v) is 2.97. The fourth-order valence-electron chi connectivity index (χ4n) is 1.63. The quantitative estimate of drug-likeness (QED) is 0.632. The minimum absolute atomic E-state index is 0.252. The van der Waals surface area contributed by atoms with Gasteiger partial charge in [-0.1, -0.05) is 0 Å². The van der Waals surface area contributed by atoms with Crippen molar-refractivity contribution >= 4 is 22.1 Å². The first-order chi connectivity index (χ1) is 8.50. The van der Waals surface area contributed by atoms with Gasteiger partial charge >= 0.3 is 12.1 Å². The predicted octanol–water partition coefficient (Wildman–Crippen LogP) is -0.486. The number of hydrogen-bond acceptors (Lipinski definition) is 5. The number of sulfonamides is 1. The molecule has 1 amide bonds. The van der Waals surface area contributed by atoms with Gasteiger partial charge < -0.3 is 15.2 Å². The van der Waals surface area contributed by atoms with Crippen LogP contribution in [0.3, 0.4) is 0 Å². The second-order valence-corrected chi connectivity index (χ2v) is 7.18. The average Bonchev–Trinajstić information content (AvgIpc) is 2.11. The van der Waals surface area contributed by atoms with Gasteiger partial charge in [0.05, 0.1) is 17.7 Å². The van der Waals surface area contributed by atoms with E-state index in [0.717, 1.165) is 0 Å². The van der Waals surface area contributed by atoms with Gasteiger partial charge in [-0.2, -0.15) is 0 Å². The number of amides is 1. The summed E-state index contributed by atoms with van der Waals surface area (Å²) in [6.45, 7) is 4.71. The summed E-state index contributed by atoms with van der Waals surface area (Å²) in [7, 11) is -3.57. The molecule has 1 saturated heterocycles. The number of ether oxygens (including phenoxy) is 1. The number of carboxylic acids is 1. The van der Waals surface area contributed by atoms with Crippen molar-refractivity contribution < 1.29 is 27.9 Å². The summed E-state index contributed by atoms with van der Waals surface area (Å²) in [4.78, 5) is 22.6. The molecule has 19 heavy (non-hydrogen) atoms. The molecule has 0 aromatic rings. The van der Waals surface area contributed by atoms with Gasteiger partial charge in [-0.25, -0.2) is 17.9 Å². The van der Waals surface area contributed by atoms with Crippen molar-refractivity contribution in [3.8, 4) is 0 Å². The van der Waals surface area contributed by atoms with E-state index in [9.17, 15) is 18.0 Å². The van der Waals surface area contributed by atoms with Crippen LogP contribution in [0.4, 0.5) is 4.79 Å². The Bertz CT molecular complexity index is 467. The summed E-state index contributed by atoms with van der Waals surface area (Å²) in [5.74, 6) is -2.68. The number of hydrogen-bond donors (Lipinski definition) is 3. The van der Waals surface area contributed by atoms with Gasteiger partial charge in [0.1, 0.15) is 5.60 Å². The van der Waals surface area contributed by atoms with Crippen LogP contribution in [0.25, 0.3) is 0 Å². The van der Waals surface area contributed by atoms with Gasteiger partial charge in [0.25, 0.3) is 0 Å². The van der Waals surface area contributed by atoms with Gasteiger partial charge in [0.2, 0.25) is 10.0 Å². The summed E-state index contributed by atoms with van der Waals surface area (Å²) in [6, 6.07) is -1.02. The maximum Gasteiger partial charge on any atom is 0.407 e. The fraction of sp³-hybridized carbons (Fsp3) is 0.800. The highest BCUT2D eigenvalue weighted by Gasteiger charge is 2.38. The minimum atomic E-state index is -3.57. The lowest BCUT2D eigenvalue weighted by Crippen LogP contribution is -2.57. The molecule has 8 nitrogen and oxygen atoms in total. The van der Waals surface area contributed by atoms with Gasteiger partial charge in [-0.15, -0.1) is 0 Å². The van der Waals surface area contributed by atoms with Crippen LogP contribution in [0, 0.1) is 5.92 Å². The number of aliphatic carboxylic acids is 1. The highest BCUT2D eigenvalue weighted by atomic mass is 32.2. The summed E-state index contributed by atoms with van der Waals surface area (Å²) in [5, 5.41) is 11.3. The van der Waals surface area contributed by atoms with Crippen molar-refractivity contribution in [3.05, 3.63) is 0 Å². The summed E-state index contributed by atoms with van der Waals surface area (Å²) in [6.07, 6.45) is -0.833. The van der Waals surface area contributed by atoms with Crippen LogP contribution >= 0.6 is 0 Å². The third-order valence-corrected chi connectivity index (χ3v) is 3.83. The summed E-state index contributed by atoms with van der Waals surface area (Å²) in [5.41, 5.74) is -0.741. The first kappa shape index (κ1) is 15.7. The second-order valence-electron chi connectivity index (χ2n) is 5.33. The molecule has 0 spiro atoms. The molecule has 0 radical (unpaired) electrons. The SMILES string of the molecule is CC(C)(C)OC(=O)NC1CS(=O)(=O)NCC1C(=O)O. The monoisotopic (exact) mass is 294 g/mol. The third-order valence-electron chi connectivity index (χ3n) is 2.43. The van der Waals surface area contributed by atoms with E-state index in [1.165, 1.54) is 0 Å². The molecule has 1 fully saturated rings. The van der Waals surface area contributed by atoms with Crippen molar-refractivity contribution in [2.24, 2.45) is 5.92 Å². The van der Waals surface area contributed by atoms with E-state index in [0.29, 0.717) is 0 Å². The topological polar surface area (TPSA) is 122 Å². The van der Waals surface area contributed by atoms with E-state index in [1.54, 1.807) is 20.8 Å². The number of nitrogens with one attached hydrogen (secondary N) is 2. The van der Waals surface area contributed by atoms with Crippen LogP contribution in [0.1, 0.15) is 20.8 Å². The molecular formula is C10H18N2O6S. The molecule has 2 atom stereocenters.